The number of hydrogen-bond donors (Lipinski definition) is 0. The molecule has 0 aromatic rings. The van der Waals surface area contributed by atoms with Crippen LogP contribution in [0.5, 0.6) is 0 Å². The summed E-state index contributed by atoms with van der Waals surface area (Å²) in [4.78, 5) is 2.59. The van der Waals surface area contributed by atoms with E-state index in [1.54, 1.807) is 0 Å². The van der Waals surface area contributed by atoms with Gasteiger partial charge >= 0.3 is 0 Å². The van der Waals surface area contributed by atoms with Crippen LogP contribution in [0.25, 0.3) is 0 Å². The van der Waals surface area contributed by atoms with Gasteiger partial charge in [0.15, 0.2) is 0 Å². The second kappa shape index (κ2) is 1.99. The summed E-state index contributed by atoms with van der Waals surface area (Å²) < 4.78 is 5.22. The molecule has 2 saturated heterocycles. The molecule has 3 aliphatic rings. The molecular weight excluding hydrogens is 138 g/mol. The van der Waals surface area contributed by atoms with Crippen LogP contribution < -0.4 is 0 Å². The Labute approximate surface area is 67.5 Å². The summed E-state index contributed by atoms with van der Waals surface area (Å²) in [5.74, 6) is 0. The highest BCUT2D eigenvalue weighted by Gasteiger charge is 2.48. The maximum absolute atomic E-state index is 5.22. The molecule has 0 N–H and O–H groups in total. The van der Waals surface area contributed by atoms with Crippen LogP contribution in [0.2, 0.25) is 0 Å². The molecule has 1 aliphatic carbocycles. The van der Waals surface area contributed by atoms with Crippen molar-refractivity contribution < 1.29 is 4.74 Å². The number of hydrogen-bond acceptors (Lipinski definition) is 2. The van der Waals surface area contributed by atoms with E-state index in [2.05, 4.69) is 4.90 Å². The van der Waals surface area contributed by atoms with Crippen LogP contribution in [0.15, 0.2) is 0 Å². The molecule has 3 fully saturated rings. The van der Waals surface area contributed by atoms with E-state index in [9.17, 15) is 0 Å². The van der Waals surface area contributed by atoms with Gasteiger partial charge in [-0.05, 0) is 31.2 Å². The maximum atomic E-state index is 5.22. The number of rotatable bonds is 2. The van der Waals surface area contributed by atoms with Gasteiger partial charge in [0, 0.05) is 13.1 Å². The Morgan fingerprint density at radius 3 is 2.73 bits per heavy atom. The molecule has 0 unspecified atom stereocenters. The van der Waals surface area contributed by atoms with Gasteiger partial charge in [0.1, 0.15) is 0 Å². The van der Waals surface area contributed by atoms with Crippen LogP contribution in [0.1, 0.15) is 19.3 Å². The lowest BCUT2D eigenvalue weighted by atomic mass is 10.1. The van der Waals surface area contributed by atoms with E-state index in [4.69, 9.17) is 4.74 Å². The van der Waals surface area contributed by atoms with E-state index in [1.807, 2.05) is 0 Å². The zero-order valence-electron chi connectivity index (χ0n) is 6.88. The molecule has 0 radical (unpaired) electrons. The fourth-order valence-corrected chi connectivity index (χ4v) is 2.23. The minimum Gasteiger partial charge on any atom is -0.372 e. The average molecular weight is 153 g/mol. The van der Waals surface area contributed by atoms with Gasteiger partial charge in [0.05, 0.1) is 12.7 Å². The summed E-state index contributed by atoms with van der Waals surface area (Å²) in [5, 5.41) is 0. The zero-order valence-corrected chi connectivity index (χ0v) is 6.88. The van der Waals surface area contributed by atoms with Crippen molar-refractivity contribution in [2.24, 2.45) is 5.41 Å². The topological polar surface area (TPSA) is 15.8 Å². The first-order valence-corrected chi connectivity index (χ1v) is 4.70. The van der Waals surface area contributed by atoms with E-state index < -0.39 is 0 Å². The molecule has 2 aliphatic heterocycles. The number of epoxide rings is 1. The standard InChI is InChI=1S/C9H15NO/c1-2-9(1)3-4-10(7-9)5-8-6-11-8/h8H,1-7H2/t8-/m0/s1. The highest BCUT2D eigenvalue weighted by atomic mass is 16.6. The molecule has 11 heavy (non-hydrogen) atoms. The molecular formula is C9H15NO. The highest BCUT2D eigenvalue weighted by molar-refractivity contribution is 5.00. The maximum Gasteiger partial charge on any atom is 0.0936 e. The van der Waals surface area contributed by atoms with Crippen molar-refractivity contribution in [2.75, 3.05) is 26.2 Å². The quantitative estimate of drug-likeness (QED) is 0.547. The molecule has 1 atom stereocenters. The molecule has 62 valence electrons. The van der Waals surface area contributed by atoms with E-state index in [0.717, 1.165) is 12.0 Å². The largest absolute Gasteiger partial charge is 0.372 e. The first kappa shape index (κ1) is 6.44. The normalized spacial score (nSPS) is 39.8. The summed E-state index contributed by atoms with van der Waals surface area (Å²) in [5.41, 5.74) is 0.800. The monoisotopic (exact) mass is 153 g/mol. The number of likely N-dealkylation sites (tertiary alicyclic amines) is 1. The fraction of sp³-hybridized carbons (Fsp3) is 1.00. The van der Waals surface area contributed by atoms with Crippen molar-refractivity contribution >= 4 is 0 Å². The van der Waals surface area contributed by atoms with E-state index in [1.165, 1.54) is 38.9 Å². The highest BCUT2D eigenvalue weighted by Crippen LogP contribution is 2.52. The number of nitrogens with zero attached hydrogens (tertiary/aromatic N) is 1. The first-order valence-electron chi connectivity index (χ1n) is 4.70. The van der Waals surface area contributed by atoms with Gasteiger partial charge in [-0.1, -0.05) is 0 Å². The van der Waals surface area contributed by atoms with Gasteiger partial charge in [-0.3, -0.25) is 0 Å². The second-order valence-corrected chi connectivity index (χ2v) is 4.44. The third-order valence-electron chi connectivity index (χ3n) is 3.34. The second-order valence-electron chi connectivity index (χ2n) is 4.44. The molecule has 0 amide bonds. The minimum absolute atomic E-state index is 0.601. The van der Waals surface area contributed by atoms with Crippen LogP contribution in [0.4, 0.5) is 0 Å². The molecule has 3 rings (SSSR count). The lowest BCUT2D eigenvalue weighted by Crippen LogP contribution is -2.25. The number of ether oxygens (including phenoxy) is 1. The van der Waals surface area contributed by atoms with Crippen LogP contribution in [0, 0.1) is 5.41 Å². The predicted molar refractivity (Wildman–Crippen MR) is 42.5 cm³/mol. The third-order valence-corrected chi connectivity index (χ3v) is 3.34. The molecule has 2 heteroatoms. The Morgan fingerprint density at radius 2 is 2.18 bits per heavy atom. The van der Waals surface area contributed by atoms with Crippen LogP contribution in [-0.2, 0) is 4.74 Å². The molecule has 2 nitrogen and oxygen atoms in total. The Morgan fingerprint density at radius 1 is 1.36 bits per heavy atom. The van der Waals surface area contributed by atoms with Crippen LogP contribution in [0.3, 0.4) is 0 Å². The average Bonchev–Trinajstić information content (AvgIpc) is 2.80. The Balaban J connectivity index is 1.55. The Kier molecular flexibility index (Phi) is 1.16. The van der Waals surface area contributed by atoms with Crippen molar-refractivity contribution in [1.29, 1.82) is 0 Å². The third kappa shape index (κ3) is 1.18. The summed E-state index contributed by atoms with van der Waals surface area (Å²) >= 11 is 0. The van der Waals surface area contributed by atoms with Gasteiger partial charge in [-0.15, -0.1) is 0 Å². The predicted octanol–water partition coefficient (Wildman–Crippen LogP) is 0.871. The molecule has 0 bridgehead atoms. The van der Waals surface area contributed by atoms with Crippen LogP contribution >= 0.6 is 0 Å². The van der Waals surface area contributed by atoms with E-state index >= 15 is 0 Å². The van der Waals surface area contributed by atoms with Crippen molar-refractivity contribution in [2.45, 2.75) is 25.4 Å². The van der Waals surface area contributed by atoms with Gasteiger partial charge < -0.3 is 9.64 Å². The molecule has 0 aromatic heterocycles. The van der Waals surface area contributed by atoms with E-state index in [-0.39, 0.29) is 0 Å². The van der Waals surface area contributed by atoms with Crippen molar-refractivity contribution in [3.8, 4) is 0 Å². The van der Waals surface area contributed by atoms with Crippen molar-refractivity contribution in [3.05, 3.63) is 0 Å². The fourth-order valence-electron chi connectivity index (χ4n) is 2.23. The first-order chi connectivity index (χ1) is 5.36. The van der Waals surface area contributed by atoms with E-state index in [0.29, 0.717) is 6.10 Å². The van der Waals surface area contributed by atoms with Gasteiger partial charge in [0.25, 0.3) is 0 Å². The van der Waals surface area contributed by atoms with Crippen molar-refractivity contribution in [3.63, 3.8) is 0 Å². The minimum atomic E-state index is 0.601. The lowest BCUT2D eigenvalue weighted by Gasteiger charge is -2.13. The molecule has 2 heterocycles. The van der Waals surface area contributed by atoms with Crippen molar-refractivity contribution in [1.82, 2.24) is 4.90 Å². The SMILES string of the molecule is C1O[C@H]1CN1CCC2(CC2)C1. The Bertz CT molecular complexity index is 172. The molecule has 0 aromatic carbocycles. The summed E-state index contributed by atoms with van der Waals surface area (Å²) in [6.45, 7) is 4.93. The van der Waals surface area contributed by atoms with Gasteiger partial charge in [-0.25, -0.2) is 0 Å². The van der Waals surface area contributed by atoms with Gasteiger partial charge in [0.2, 0.25) is 0 Å². The zero-order chi connectivity index (χ0) is 7.31. The lowest BCUT2D eigenvalue weighted by molar-refractivity contribution is 0.275. The summed E-state index contributed by atoms with van der Waals surface area (Å²) in [6, 6.07) is 0. The summed E-state index contributed by atoms with van der Waals surface area (Å²) in [6.07, 6.45) is 5.05. The smallest absolute Gasteiger partial charge is 0.0936 e. The molecule has 1 saturated carbocycles. The summed E-state index contributed by atoms with van der Waals surface area (Å²) in [7, 11) is 0. The van der Waals surface area contributed by atoms with Crippen LogP contribution in [-0.4, -0.2) is 37.2 Å². The van der Waals surface area contributed by atoms with Gasteiger partial charge in [-0.2, -0.15) is 0 Å². The molecule has 1 spiro atoms. The Hall–Kier alpha value is -0.0800.